The van der Waals surface area contributed by atoms with Crippen LogP contribution in [-0.2, 0) is 0 Å². The van der Waals surface area contributed by atoms with Crippen LogP contribution in [0.2, 0.25) is 0 Å². The lowest BCUT2D eigenvalue weighted by Gasteiger charge is -2.36. The maximum absolute atomic E-state index is 11.6. The first-order valence-electron chi connectivity index (χ1n) is 8.06. The molecule has 23 heavy (non-hydrogen) atoms. The second-order valence-electron chi connectivity index (χ2n) is 6.58. The molecule has 0 atom stereocenters. The van der Waals surface area contributed by atoms with E-state index in [0.29, 0.717) is 17.0 Å². The molecule has 0 unspecified atom stereocenters. The number of phenolic OH excluding ortho intramolecular Hbond substituents is 1. The van der Waals surface area contributed by atoms with Crippen LogP contribution in [0.3, 0.4) is 0 Å². The van der Waals surface area contributed by atoms with Gasteiger partial charge >= 0.3 is 5.63 Å². The Kier molecular flexibility index (Phi) is 4.26. The third-order valence-corrected chi connectivity index (χ3v) is 4.18. The van der Waals surface area contributed by atoms with Crippen LogP contribution >= 0.6 is 0 Å². The van der Waals surface area contributed by atoms with Crippen molar-refractivity contribution in [2.75, 3.05) is 37.6 Å². The summed E-state index contributed by atoms with van der Waals surface area (Å²) < 4.78 is 5.26. The average Bonchev–Trinajstić information content (AvgIpc) is 2.49. The normalized spacial score (nSPS) is 16.4. The van der Waals surface area contributed by atoms with Gasteiger partial charge in [-0.3, -0.25) is 4.90 Å². The number of aryl methyl sites for hydroxylation is 1. The first-order chi connectivity index (χ1) is 10.9. The minimum Gasteiger partial charge on any atom is -0.505 e. The highest BCUT2D eigenvalue weighted by atomic mass is 16.4. The topological polar surface area (TPSA) is 69.8 Å². The smallest absolute Gasteiger partial charge is 0.357 e. The Bertz CT molecular complexity index is 762. The zero-order valence-corrected chi connectivity index (χ0v) is 13.9. The second-order valence-corrected chi connectivity index (χ2v) is 6.58. The van der Waals surface area contributed by atoms with Crippen LogP contribution in [-0.4, -0.2) is 47.7 Å². The van der Waals surface area contributed by atoms with E-state index in [0.717, 1.165) is 38.4 Å². The number of aromatic nitrogens is 1. The van der Waals surface area contributed by atoms with Crippen molar-refractivity contribution >= 4 is 16.8 Å². The van der Waals surface area contributed by atoms with Gasteiger partial charge in [0.05, 0.1) is 0 Å². The fraction of sp³-hybridized carbons (Fsp3) is 0.529. The molecule has 0 saturated carbocycles. The van der Waals surface area contributed by atoms with Crippen molar-refractivity contribution < 1.29 is 9.52 Å². The number of phenols is 1. The quantitative estimate of drug-likeness (QED) is 0.933. The van der Waals surface area contributed by atoms with E-state index in [-0.39, 0.29) is 11.4 Å². The molecule has 0 amide bonds. The van der Waals surface area contributed by atoms with Crippen LogP contribution < -0.4 is 10.5 Å². The molecule has 0 radical (unpaired) electrons. The number of nitrogens with zero attached hydrogens (tertiary/aromatic N) is 3. The molecule has 1 aromatic carbocycles. The highest BCUT2D eigenvalue weighted by Gasteiger charge is 2.19. The molecule has 2 heterocycles. The van der Waals surface area contributed by atoms with E-state index < -0.39 is 5.63 Å². The lowest BCUT2D eigenvalue weighted by Crippen LogP contribution is -2.47. The summed E-state index contributed by atoms with van der Waals surface area (Å²) in [5, 5.41) is 10.2. The Labute approximate surface area is 135 Å². The number of fused-ring (bicyclic) bond motifs is 1. The highest BCUT2D eigenvalue weighted by molar-refractivity contribution is 5.83. The Balaban J connectivity index is 1.84. The molecule has 2 aromatic rings. The van der Waals surface area contributed by atoms with Gasteiger partial charge in [0.15, 0.2) is 5.58 Å². The minimum absolute atomic E-state index is 0.0500. The van der Waals surface area contributed by atoms with Gasteiger partial charge in [0.25, 0.3) is 0 Å². The zero-order chi connectivity index (χ0) is 16.6. The number of hydrogen-bond acceptors (Lipinski definition) is 6. The summed E-state index contributed by atoms with van der Waals surface area (Å²) in [7, 11) is 0. The molecule has 0 aliphatic carbocycles. The molecule has 6 nitrogen and oxygen atoms in total. The van der Waals surface area contributed by atoms with Crippen molar-refractivity contribution in [1.29, 1.82) is 0 Å². The summed E-state index contributed by atoms with van der Waals surface area (Å²) in [6, 6.07) is 3.49. The van der Waals surface area contributed by atoms with Crippen LogP contribution in [0.1, 0.15) is 19.5 Å². The molecule has 6 heteroatoms. The van der Waals surface area contributed by atoms with E-state index in [2.05, 4.69) is 28.6 Å². The van der Waals surface area contributed by atoms with Gasteiger partial charge in [0.1, 0.15) is 17.0 Å². The van der Waals surface area contributed by atoms with E-state index in [4.69, 9.17) is 4.42 Å². The van der Waals surface area contributed by atoms with Crippen LogP contribution in [0.4, 0.5) is 5.69 Å². The van der Waals surface area contributed by atoms with E-state index >= 15 is 0 Å². The Morgan fingerprint density at radius 1 is 1.26 bits per heavy atom. The maximum atomic E-state index is 11.6. The summed E-state index contributed by atoms with van der Waals surface area (Å²) in [6.45, 7) is 10.9. The van der Waals surface area contributed by atoms with Crippen molar-refractivity contribution in [2.24, 2.45) is 5.92 Å². The third-order valence-electron chi connectivity index (χ3n) is 4.18. The lowest BCUT2D eigenvalue weighted by molar-refractivity contribution is 0.231. The fourth-order valence-corrected chi connectivity index (χ4v) is 3.04. The molecule has 0 bridgehead atoms. The van der Waals surface area contributed by atoms with E-state index in [1.807, 2.05) is 0 Å². The molecule has 124 valence electrons. The van der Waals surface area contributed by atoms with Crippen molar-refractivity contribution in [3.8, 4) is 5.75 Å². The van der Waals surface area contributed by atoms with Gasteiger partial charge in [0, 0.05) is 50.5 Å². The number of hydrogen-bond donors (Lipinski definition) is 1. The minimum atomic E-state index is -0.462. The molecule has 1 saturated heterocycles. The van der Waals surface area contributed by atoms with Crippen LogP contribution in [0.15, 0.2) is 21.3 Å². The lowest BCUT2D eigenvalue weighted by atomic mass is 10.1. The summed E-state index contributed by atoms with van der Waals surface area (Å²) in [5.74, 6) is 0.712. The summed E-state index contributed by atoms with van der Waals surface area (Å²) in [6.07, 6.45) is 0. The SMILES string of the molecule is Cc1nc2c(O)cc(N3CCN(CC(C)C)CC3)cc2oc1=O. The van der Waals surface area contributed by atoms with Gasteiger partial charge in [-0.15, -0.1) is 0 Å². The van der Waals surface area contributed by atoms with Gasteiger partial charge in [0.2, 0.25) is 0 Å². The van der Waals surface area contributed by atoms with Crippen LogP contribution in [0, 0.1) is 12.8 Å². The Morgan fingerprint density at radius 2 is 1.96 bits per heavy atom. The molecule has 1 aliphatic heterocycles. The first-order valence-corrected chi connectivity index (χ1v) is 8.06. The Morgan fingerprint density at radius 3 is 2.61 bits per heavy atom. The van der Waals surface area contributed by atoms with E-state index in [1.165, 1.54) is 0 Å². The maximum Gasteiger partial charge on any atom is 0.357 e. The van der Waals surface area contributed by atoms with Crippen molar-refractivity contribution in [1.82, 2.24) is 9.88 Å². The number of aromatic hydroxyl groups is 1. The molecular weight excluding hydrogens is 294 g/mol. The predicted octanol–water partition coefficient (Wildman–Crippen LogP) is 1.98. The van der Waals surface area contributed by atoms with Crippen molar-refractivity contribution in [2.45, 2.75) is 20.8 Å². The molecular formula is C17H23N3O3. The number of rotatable bonds is 3. The van der Waals surface area contributed by atoms with Gasteiger partial charge in [-0.05, 0) is 12.8 Å². The van der Waals surface area contributed by atoms with Crippen LogP contribution in [0.5, 0.6) is 5.75 Å². The monoisotopic (exact) mass is 317 g/mol. The Hall–Kier alpha value is -2.08. The largest absolute Gasteiger partial charge is 0.505 e. The highest BCUT2D eigenvalue weighted by Crippen LogP contribution is 2.29. The zero-order valence-electron chi connectivity index (χ0n) is 13.9. The van der Waals surface area contributed by atoms with Gasteiger partial charge in [-0.2, -0.15) is 0 Å². The number of benzene rings is 1. The number of piperazine rings is 1. The molecule has 1 fully saturated rings. The second kappa shape index (κ2) is 6.20. The van der Waals surface area contributed by atoms with Crippen molar-refractivity contribution in [3.05, 3.63) is 28.2 Å². The van der Waals surface area contributed by atoms with Gasteiger partial charge in [-0.25, -0.2) is 9.78 Å². The number of anilines is 1. The van der Waals surface area contributed by atoms with E-state index in [1.54, 1.807) is 19.1 Å². The van der Waals surface area contributed by atoms with Gasteiger partial charge in [-0.1, -0.05) is 13.8 Å². The van der Waals surface area contributed by atoms with Crippen LogP contribution in [0.25, 0.3) is 11.1 Å². The summed E-state index contributed by atoms with van der Waals surface area (Å²) in [4.78, 5) is 20.4. The van der Waals surface area contributed by atoms with Crippen molar-refractivity contribution in [3.63, 3.8) is 0 Å². The third kappa shape index (κ3) is 3.32. The summed E-state index contributed by atoms with van der Waals surface area (Å²) in [5.41, 5.74) is 1.33. The molecule has 1 N–H and O–H groups in total. The molecule has 3 rings (SSSR count). The molecule has 1 aromatic heterocycles. The summed E-state index contributed by atoms with van der Waals surface area (Å²) >= 11 is 0. The van der Waals surface area contributed by atoms with Gasteiger partial charge < -0.3 is 14.4 Å². The van der Waals surface area contributed by atoms with E-state index in [9.17, 15) is 9.90 Å². The molecule has 0 spiro atoms. The standard InChI is InChI=1S/C17H23N3O3/c1-11(2)10-19-4-6-20(7-5-19)13-8-14(21)16-15(9-13)23-17(22)12(3)18-16/h8-9,11,21H,4-7,10H2,1-3H3. The fourth-order valence-electron chi connectivity index (χ4n) is 3.04. The molecule has 1 aliphatic rings. The predicted molar refractivity (Wildman–Crippen MR) is 90.2 cm³/mol. The first kappa shape index (κ1) is 15.8. The average molecular weight is 317 g/mol.